The molecule has 1 amide bonds. The van der Waals surface area contributed by atoms with E-state index in [1.165, 1.54) is 35.2 Å². The summed E-state index contributed by atoms with van der Waals surface area (Å²) in [6, 6.07) is 6.07. The summed E-state index contributed by atoms with van der Waals surface area (Å²) in [6.45, 7) is 2.65. The van der Waals surface area contributed by atoms with Crippen molar-refractivity contribution in [2.45, 2.75) is 39.3 Å². The van der Waals surface area contributed by atoms with Gasteiger partial charge in [0.1, 0.15) is 0 Å². The van der Waals surface area contributed by atoms with Crippen molar-refractivity contribution in [1.82, 2.24) is 9.78 Å². The van der Waals surface area contributed by atoms with Crippen LogP contribution in [0, 0.1) is 6.92 Å². The highest BCUT2D eigenvalue weighted by molar-refractivity contribution is 6.01. The van der Waals surface area contributed by atoms with Crippen molar-refractivity contribution in [3.05, 3.63) is 59.4 Å². The number of amides is 1. The number of aryl methyl sites for hydroxylation is 1. The van der Waals surface area contributed by atoms with Crippen molar-refractivity contribution in [2.75, 3.05) is 4.90 Å². The maximum Gasteiger partial charge on any atom is 0.333 e. The summed E-state index contributed by atoms with van der Waals surface area (Å²) < 4.78 is 26.6. The second-order valence-corrected chi connectivity index (χ2v) is 5.87. The maximum atomic E-state index is 13.0. The molecule has 0 fully saturated rings. The average molecular weight is 331 g/mol. The highest BCUT2D eigenvalue weighted by Gasteiger charge is 2.23. The Labute approximate surface area is 139 Å². The molecule has 0 saturated carbocycles. The number of nitrogens with zero attached hydrogens (tertiary/aromatic N) is 3. The summed E-state index contributed by atoms with van der Waals surface area (Å²) >= 11 is 0. The van der Waals surface area contributed by atoms with E-state index in [9.17, 15) is 13.6 Å². The topological polar surface area (TPSA) is 38.1 Å². The number of benzene rings is 1. The fourth-order valence-corrected chi connectivity index (χ4v) is 3.29. The predicted molar refractivity (Wildman–Crippen MR) is 88.1 cm³/mol. The van der Waals surface area contributed by atoms with Gasteiger partial charge in [0.25, 0.3) is 5.91 Å². The van der Waals surface area contributed by atoms with Crippen LogP contribution in [0.15, 0.2) is 37.1 Å². The van der Waals surface area contributed by atoms with Gasteiger partial charge in [-0.3, -0.25) is 4.79 Å². The molecule has 1 aliphatic carbocycles. The van der Waals surface area contributed by atoms with Crippen molar-refractivity contribution in [3.63, 3.8) is 0 Å². The van der Waals surface area contributed by atoms with E-state index < -0.39 is 6.55 Å². The highest BCUT2D eigenvalue weighted by atomic mass is 19.3. The molecule has 3 rings (SSSR count). The lowest BCUT2D eigenvalue weighted by atomic mass is 10.0. The molecule has 0 aliphatic heterocycles. The SMILES string of the molecule is C=CC(=O)N(Cc1cccc2c1CCC2)c1cnn(C(F)F)c1C. The molecule has 6 heteroatoms. The number of rotatable bonds is 5. The third kappa shape index (κ3) is 2.84. The van der Waals surface area contributed by atoms with Gasteiger partial charge in [0, 0.05) is 0 Å². The fourth-order valence-electron chi connectivity index (χ4n) is 3.29. The molecule has 0 bridgehead atoms. The first-order valence-corrected chi connectivity index (χ1v) is 7.88. The van der Waals surface area contributed by atoms with Crippen LogP contribution in [-0.2, 0) is 24.2 Å². The molecule has 1 aromatic heterocycles. The van der Waals surface area contributed by atoms with Crippen molar-refractivity contribution in [1.29, 1.82) is 0 Å². The molecular weight excluding hydrogens is 312 g/mol. The predicted octanol–water partition coefficient (Wildman–Crippen LogP) is 3.79. The van der Waals surface area contributed by atoms with E-state index in [0.29, 0.717) is 16.9 Å². The van der Waals surface area contributed by atoms with Crippen LogP contribution in [0.3, 0.4) is 0 Å². The van der Waals surface area contributed by atoms with Crippen LogP contribution in [0.4, 0.5) is 14.5 Å². The maximum absolute atomic E-state index is 13.0. The molecule has 0 spiro atoms. The van der Waals surface area contributed by atoms with Gasteiger partial charge in [0.15, 0.2) is 0 Å². The molecule has 0 saturated heterocycles. The standard InChI is InChI=1S/C18H19F2N3O/c1-3-17(24)22(16-10-21-23(12(16)2)18(19)20)11-14-8-4-6-13-7-5-9-15(13)14/h3-4,6,8,10,18H,1,5,7,9,11H2,2H3. The molecule has 1 heterocycles. The van der Waals surface area contributed by atoms with E-state index in [1.54, 1.807) is 0 Å². The summed E-state index contributed by atoms with van der Waals surface area (Å²) in [5, 5.41) is 3.71. The zero-order valence-electron chi connectivity index (χ0n) is 13.5. The zero-order chi connectivity index (χ0) is 17.3. The summed E-state index contributed by atoms with van der Waals surface area (Å²) in [7, 11) is 0. The van der Waals surface area contributed by atoms with Crippen LogP contribution < -0.4 is 4.90 Å². The molecule has 0 radical (unpaired) electrons. The van der Waals surface area contributed by atoms with Crippen LogP contribution >= 0.6 is 0 Å². The Bertz CT molecular complexity index is 783. The van der Waals surface area contributed by atoms with Crippen LogP contribution in [0.2, 0.25) is 0 Å². The Morgan fingerprint density at radius 1 is 1.46 bits per heavy atom. The van der Waals surface area contributed by atoms with Crippen LogP contribution in [0.5, 0.6) is 0 Å². The lowest BCUT2D eigenvalue weighted by molar-refractivity contribution is -0.114. The van der Waals surface area contributed by atoms with Gasteiger partial charge in [-0.1, -0.05) is 24.8 Å². The number of aromatic nitrogens is 2. The number of fused-ring (bicyclic) bond motifs is 1. The lowest BCUT2D eigenvalue weighted by Crippen LogP contribution is -2.29. The van der Waals surface area contributed by atoms with E-state index in [1.807, 2.05) is 12.1 Å². The number of carbonyl (C=O) groups excluding carboxylic acids is 1. The number of alkyl halides is 2. The van der Waals surface area contributed by atoms with Crippen molar-refractivity contribution >= 4 is 11.6 Å². The number of anilines is 1. The third-order valence-electron chi connectivity index (χ3n) is 4.51. The van der Waals surface area contributed by atoms with E-state index >= 15 is 0 Å². The average Bonchev–Trinajstić information content (AvgIpc) is 3.18. The van der Waals surface area contributed by atoms with E-state index in [4.69, 9.17) is 0 Å². The van der Waals surface area contributed by atoms with E-state index in [0.717, 1.165) is 24.8 Å². The molecular formula is C18H19F2N3O. The molecule has 1 aromatic carbocycles. The number of hydrogen-bond donors (Lipinski definition) is 0. The fraction of sp³-hybridized carbons (Fsp3) is 0.333. The first kappa shape index (κ1) is 16.4. The van der Waals surface area contributed by atoms with E-state index in [2.05, 4.69) is 17.7 Å². The lowest BCUT2D eigenvalue weighted by Gasteiger charge is -2.22. The Morgan fingerprint density at radius 3 is 2.92 bits per heavy atom. The monoisotopic (exact) mass is 331 g/mol. The Hall–Kier alpha value is -2.50. The van der Waals surface area contributed by atoms with Gasteiger partial charge in [-0.25, -0.2) is 4.68 Å². The van der Waals surface area contributed by atoms with Gasteiger partial charge >= 0.3 is 6.55 Å². The first-order chi connectivity index (χ1) is 11.5. The van der Waals surface area contributed by atoms with Crippen molar-refractivity contribution in [3.8, 4) is 0 Å². The van der Waals surface area contributed by atoms with Gasteiger partial charge in [-0.15, -0.1) is 0 Å². The molecule has 2 aromatic rings. The third-order valence-corrected chi connectivity index (χ3v) is 4.51. The van der Waals surface area contributed by atoms with Gasteiger partial charge in [0.2, 0.25) is 0 Å². The minimum Gasteiger partial charge on any atom is -0.301 e. The van der Waals surface area contributed by atoms with Gasteiger partial charge in [-0.05, 0) is 49.0 Å². The summed E-state index contributed by atoms with van der Waals surface area (Å²) in [4.78, 5) is 13.8. The van der Waals surface area contributed by atoms with Crippen LogP contribution in [0.25, 0.3) is 0 Å². The van der Waals surface area contributed by atoms with Gasteiger partial charge < -0.3 is 4.90 Å². The van der Waals surface area contributed by atoms with Crippen molar-refractivity contribution < 1.29 is 13.6 Å². The quantitative estimate of drug-likeness (QED) is 0.782. The molecule has 126 valence electrons. The minimum absolute atomic E-state index is 0.257. The summed E-state index contributed by atoms with van der Waals surface area (Å²) in [5.41, 5.74) is 4.25. The van der Waals surface area contributed by atoms with Crippen LogP contribution in [0.1, 0.15) is 35.4 Å². The molecule has 24 heavy (non-hydrogen) atoms. The zero-order valence-corrected chi connectivity index (χ0v) is 13.5. The molecule has 4 nitrogen and oxygen atoms in total. The van der Waals surface area contributed by atoms with Gasteiger partial charge in [0.05, 0.1) is 24.1 Å². The minimum atomic E-state index is -2.74. The molecule has 0 N–H and O–H groups in total. The Kier molecular flexibility index (Phi) is 4.46. The van der Waals surface area contributed by atoms with E-state index in [-0.39, 0.29) is 11.6 Å². The molecule has 1 aliphatic rings. The second kappa shape index (κ2) is 6.55. The molecule has 0 atom stereocenters. The Balaban J connectivity index is 1.98. The number of hydrogen-bond acceptors (Lipinski definition) is 2. The molecule has 0 unspecified atom stereocenters. The van der Waals surface area contributed by atoms with Crippen LogP contribution in [-0.4, -0.2) is 15.7 Å². The smallest absolute Gasteiger partial charge is 0.301 e. The summed E-state index contributed by atoms with van der Waals surface area (Å²) in [6.07, 6.45) is 5.64. The van der Waals surface area contributed by atoms with Gasteiger partial charge in [-0.2, -0.15) is 13.9 Å². The first-order valence-electron chi connectivity index (χ1n) is 7.88. The Morgan fingerprint density at radius 2 is 2.25 bits per heavy atom. The normalized spacial score (nSPS) is 13.2. The second-order valence-electron chi connectivity index (χ2n) is 5.87. The summed E-state index contributed by atoms with van der Waals surface area (Å²) in [5.74, 6) is -0.331. The van der Waals surface area contributed by atoms with Crippen molar-refractivity contribution in [2.24, 2.45) is 0 Å². The number of halogens is 2. The largest absolute Gasteiger partial charge is 0.333 e. The number of carbonyl (C=O) groups is 1. The highest BCUT2D eigenvalue weighted by Crippen LogP contribution is 2.29.